The Morgan fingerprint density at radius 3 is 2.71 bits per heavy atom. The van der Waals surface area contributed by atoms with E-state index in [0.29, 0.717) is 12.1 Å². The van der Waals surface area contributed by atoms with Gasteiger partial charge in [-0.05, 0) is 37.1 Å². The Bertz CT molecular complexity index is 385. The molecule has 0 aliphatic heterocycles. The number of rotatable bonds is 5. The van der Waals surface area contributed by atoms with Gasteiger partial charge in [0.15, 0.2) is 0 Å². The van der Waals surface area contributed by atoms with Crippen LogP contribution in [0.25, 0.3) is 6.08 Å². The second-order valence-electron chi connectivity index (χ2n) is 3.92. The lowest BCUT2D eigenvalue weighted by molar-refractivity contribution is -0.117. The highest BCUT2D eigenvalue weighted by Gasteiger charge is 2.02. The molecular weight excluding hydrogens is 216 g/mol. The van der Waals surface area contributed by atoms with Crippen LogP contribution in [0.15, 0.2) is 30.3 Å². The Kier molecular flexibility index (Phi) is 5.23. The van der Waals surface area contributed by atoms with Crippen molar-refractivity contribution in [2.24, 2.45) is 0 Å². The topological polar surface area (TPSA) is 75.3 Å². The van der Waals surface area contributed by atoms with Gasteiger partial charge in [-0.3, -0.25) is 4.79 Å². The molecule has 0 fully saturated rings. The third-order valence-corrected chi connectivity index (χ3v) is 2.31. The van der Waals surface area contributed by atoms with Crippen LogP contribution in [0.1, 0.15) is 18.9 Å². The van der Waals surface area contributed by atoms with Crippen molar-refractivity contribution in [2.45, 2.75) is 19.4 Å². The molecule has 1 amide bonds. The first-order chi connectivity index (χ1) is 8.11. The van der Waals surface area contributed by atoms with E-state index in [9.17, 15) is 4.79 Å². The molecule has 0 aromatic heterocycles. The molecule has 0 saturated carbocycles. The Morgan fingerprint density at radius 2 is 2.12 bits per heavy atom. The molecule has 1 aromatic rings. The Hall–Kier alpha value is -1.81. The van der Waals surface area contributed by atoms with Gasteiger partial charge in [-0.25, -0.2) is 0 Å². The number of nitrogens with two attached hydrogens (primary N) is 1. The van der Waals surface area contributed by atoms with Crippen LogP contribution in [-0.2, 0) is 4.79 Å². The second-order valence-corrected chi connectivity index (χ2v) is 3.92. The lowest BCUT2D eigenvalue weighted by Gasteiger charge is -2.09. The molecule has 1 rings (SSSR count). The number of anilines is 1. The fourth-order valence-electron chi connectivity index (χ4n) is 1.34. The predicted molar refractivity (Wildman–Crippen MR) is 69.2 cm³/mol. The maximum Gasteiger partial charge on any atom is 0.244 e. The Labute approximate surface area is 101 Å². The third kappa shape index (κ3) is 5.17. The van der Waals surface area contributed by atoms with Gasteiger partial charge >= 0.3 is 0 Å². The van der Waals surface area contributed by atoms with E-state index in [1.807, 2.05) is 19.1 Å². The van der Waals surface area contributed by atoms with E-state index in [0.717, 1.165) is 5.56 Å². The fourth-order valence-corrected chi connectivity index (χ4v) is 1.34. The van der Waals surface area contributed by atoms with Crippen molar-refractivity contribution < 1.29 is 9.90 Å². The van der Waals surface area contributed by atoms with Crippen LogP contribution < -0.4 is 11.1 Å². The summed E-state index contributed by atoms with van der Waals surface area (Å²) in [5.74, 6) is -0.164. The van der Waals surface area contributed by atoms with E-state index in [4.69, 9.17) is 10.8 Å². The molecule has 1 atom stereocenters. The predicted octanol–water partition coefficient (Wildman–Crippen LogP) is 1.17. The Balaban J connectivity index is 2.47. The monoisotopic (exact) mass is 234 g/mol. The van der Waals surface area contributed by atoms with Gasteiger partial charge < -0.3 is 16.2 Å². The lowest BCUT2D eigenvalue weighted by Crippen LogP contribution is -2.31. The van der Waals surface area contributed by atoms with Gasteiger partial charge in [0.2, 0.25) is 5.91 Å². The first-order valence-corrected chi connectivity index (χ1v) is 5.57. The van der Waals surface area contributed by atoms with E-state index in [1.165, 1.54) is 6.08 Å². The third-order valence-electron chi connectivity index (χ3n) is 2.31. The molecule has 92 valence electrons. The average molecular weight is 234 g/mol. The van der Waals surface area contributed by atoms with E-state index in [1.54, 1.807) is 18.2 Å². The Morgan fingerprint density at radius 1 is 1.47 bits per heavy atom. The fraction of sp³-hybridized carbons (Fsp3) is 0.308. The van der Waals surface area contributed by atoms with Crippen molar-refractivity contribution in [3.8, 4) is 0 Å². The minimum atomic E-state index is -0.164. The first kappa shape index (κ1) is 13.3. The van der Waals surface area contributed by atoms with Crippen LogP contribution >= 0.6 is 0 Å². The summed E-state index contributed by atoms with van der Waals surface area (Å²) in [6, 6.07) is 7.23. The molecule has 1 unspecified atom stereocenters. The van der Waals surface area contributed by atoms with Gasteiger partial charge in [-0.15, -0.1) is 0 Å². The maximum absolute atomic E-state index is 11.5. The summed E-state index contributed by atoms with van der Waals surface area (Å²) in [5, 5.41) is 11.5. The van der Waals surface area contributed by atoms with Crippen molar-refractivity contribution in [3.05, 3.63) is 35.9 Å². The highest BCUT2D eigenvalue weighted by Crippen LogP contribution is 2.06. The molecule has 0 spiro atoms. The molecule has 0 saturated heterocycles. The summed E-state index contributed by atoms with van der Waals surface area (Å²) in [4.78, 5) is 11.5. The number of amides is 1. The van der Waals surface area contributed by atoms with Crippen molar-refractivity contribution in [3.63, 3.8) is 0 Å². The minimum Gasteiger partial charge on any atom is -0.399 e. The van der Waals surface area contributed by atoms with Crippen LogP contribution in [0.4, 0.5) is 5.69 Å². The number of aliphatic hydroxyl groups is 1. The molecule has 0 aliphatic rings. The van der Waals surface area contributed by atoms with E-state index in [2.05, 4.69) is 5.32 Å². The average Bonchev–Trinajstić information content (AvgIpc) is 2.28. The summed E-state index contributed by atoms with van der Waals surface area (Å²) in [5.41, 5.74) is 7.17. The number of benzene rings is 1. The molecule has 0 heterocycles. The van der Waals surface area contributed by atoms with Gasteiger partial charge in [-0.2, -0.15) is 0 Å². The maximum atomic E-state index is 11.5. The van der Waals surface area contributed by atoms with Crippen molar-refractivity contribution in [2.75, 3.05) is 12.3 Å². The SMILES string of the molecule is CC(CCO)NC(=O)/C=C/c1ccc(N)cc1. The van der Waals surface area contributed by atoms with Crippen LogP contribution in [0, 0.1) is 0 Å². The molecule has 4 nitrogen and oxygen atoms in total. The second kappa shape index (κ2) is 6.70. The van der Waals surface area contributed by atoms with E-state index >= 15 is 0 Å². The van der Waals surface area contributed by atoms with Gasteiger partial charge in [0.1, 0.15) is 0 Å². The zero-order chi connectivity index (χ0) is 12.7. The summed E-state index contributed by atoms with van der Waals surface area (Å²) in [6.07, 6.45) is 3.75. The first-order valence-electron chi connectivity index (χ1n) is 5.57. The quantitative estimate of drug-likeness (QED) is 0.529. The van der Waals surface area contributed by atoms with E-state index in [-0.39, 0.29) is 18.6 Å². The number of hydrogen-bond donors (Lipinski definition) is 3. The van der Waals surface area contributed by atoms with Crippen LogP contribution in [-0.4, -0.2) is 23.7 Å². The smallest absolute Gasteiger partial charge is 0.244 e. The number of nitrogens with one attached hydrogen (secondary N) is 1. The van der Waals surface area contributed by atoms with Crippen LogP contribution in [0.5, 0.6) is 0 Å². The largest absolute Gasteiger partial charge is 0.399 e. The van der Waals surface area contributed by atoms with Crippen molar-refractivity contribution in [1.29, 1.82) is 0 Å². The lowest BCUT2D eigenvalue weighted by atomic mass is 10.2. The van der Waals surface area contributed by atoms with Gasteiger partial charge in [-0.1, -0.05) is 12.1 Å². The molecule has 1 aromatic carbocycles. The standard InChI is InChI=1S/C13H18N2O2/c1-10(8-9-16)15-13(17)7-4-11-2-5-12(14)6-3-11/h2-7,10,16H,8-9,14H2,1H3,(H,15,17)/b7-4+. The number of nitrogen functional groups attached to an aromatic ring is 1. The normalized spacial score (nSPS) is 12.6. The van der Waals surface area contributed by atoms with Crippen molar-refractivity contribution in [1.82, 2.24) is 5.32 Å². The molecule has 0 bridgehead atoms. The van der Waals surface area contributed by atoms with Gasteiger partial charge in [0.05, 0.1) is 0 Å². The highest BCUT2D eigenvalue weighted by atomic mass is 16.3. The number of carbonyl (C=O) groups is 1. The molecule has 4 heteroatoms. The van der Waals surface area contributed by atoms with Crippen molar-refractivity contribution >= 4 is 17.7 Å². The zero-order valence-corrected chi connectivity index (χ0v) is 9.89. The molecular formula is C13H18N2O2. The molecule has 4 N–H and O–H groups in total. The summed E-state index contributed by atoms with van der Waals surface area (Å²) in [7, 11) is 0. The van der Waals surface area contributed by atoms with E-state index < -0.39 is 0 Å². The van der Waals surface area contributed by atoms with Crippen LogP contribution in [0.2, 0.25) is 0 Å². The summed E-state index contributed by atoms with van der Waals surface area (Å²) < 4.78 is 0. The number of carbonyl (C=O) groups excluding carboxylic acids is 1. The van der Waals surface area contributed by atoms with Gasteiger partial charge in [0, 0.05) is 24.4 Å². The molecule has 0 aliphatic carbocycles. The summed E-state index contributed by atoms with van der Waals surface area (Å²) >= 11 is 0. The highest BCUT2D eigenvalue weighted by molar-refractivity contribution is 5.91. The number of hydrogen-bond acceptors (Lipinski definition) is 3. The molecule has 17 heavy (non-hydrogen) atoms. The molecule has 0 radical (unpaired) electrons. The minimum absolute atomic E-state index is 0.0245. The van der Waals surface area contributed by atoms with Gasteiger partial charge in [0.25, 0.3) is 0 Å². The zero-order valence-electron chi connectivity index (χ0n) is 9.89. The summed E-state index contributed by atoms with van der Waals surface area (Å²) in [6.45, 7) is 1.92. The van der Waals surface area contributed by atoms with Crippen LogP contribution in [0.3, 0.4) is 0 Å². The number of aliphatic hydroxyl groups excluding tert-OH is 1.